The fraction of sp³-hybridized carbons (Fsp3) is 0.500. The second kappa shape index (κ2) is 9.53. The number of nitrogens with zero attached hydrogens (tertiary/aromatic N) is 5. The fourth-order valence-corrected chi connectivity index (χ4v) is 4.16. The van der Waals surface area contributed by atoms with E-state index in [9.17, 15) is 4.79 Å². The van der Waals surface area contributed by atoms with E-state index in [1.807, 2.05) is 17.0 Å². The lowest BCUT2D eigenvalue weighted by molar-refractivity contribution is 0.0793. The first-order valence-electron chi connectivity index (χ1n) is 10.8. The van der Waals surface area contributed by atoms with E-state index in [1.54, 1.807) is 6.20 Å². The van der Waals surface area contributed by atoms with Gasteiger partial charge in [0.2, 0.25) is 0 Å². The molecule has 1 saturated heterocycles. The van der Waals surface area contributed by atoms with Crippen LogP contribution in [0, 0.1) is 17.2 Å². The van der Waals surface area contributed by atoms with Gasteiger partial charge in [-0.3, -0.25) is 4.79 Å². The number of nitriles is 1. The number of rotatable bonds is 6. The van der Waals surface area contributed by atoms with E-state index >= 15 is 0 Å². The summed E-state index contributed by atoms with van der Waals surface area (Å²) in [6, 6.07) is 3.82. The fourth-order valence-electron chi connectivity index (χ4n) is 4.16. The molecular weight excluding hydrogens is 378 g/mol. The number of carbonyl (C=O) groups is 1. The highest BCUT2D eigenvalue weighted by atomic mass is 16.2. The van der Waals surface area contributed by atoms with Gasteiger partial charge >= 0.3 is 0 Å². The molecule has 1 aliphatic carbocycles. The van der Waals surface area contributed by atoms with E-state index in [1.165, 1.54) is 44.5 Å². The number of pyridine rings is 1. The summed E-state index contributed by atoms with van der Waals surface area (Å²) in [7, 11) is 0. The SMILES string of the molecule is N#Cc1cnc(Nc2cc(NCC3CCCCC3)c(C(=O)N3CCCC3)cn2)cn1. The van der Waals surface area contributed by atoms with Gasteiger partial charge < -0.3 is 15.5 Å². The van der Waals surface area contributed by atoms with E-state index in [0.717, 1.165) is 38.2 Å². The number of hydrogen-bond acceptors (Lipinski definition) is 7. The van der Waals surface area contributed by atoms with Crippen molar-refractivity contribution < 1.29 is 4.79 Å². The van der Waals surface area contributed by atoms with Crippen LogP contribution < -0.4 is 10.6 Å². The maximum Gasteiger partial charge on any atom is 0.257 e. The molecule has 1 amide bonds. The van der Waals surface area contributed by atoms with Crippen LogP contribution in [0.3, 0.4) is 0 Å². The monoisotopic (exact) mass is 405 g/mol. The zero-order valence-corrected chi connectivity index (χ0v) is 17.1. The summed E-state index contributed by atoms with van der Waals surface area (Å²) in [6.07, 6.45) is 13.0. The molecule has 3 heterocycles. The Bertz CT molecular complexity index is 910. The smallest absolute Gasteiger partial charge is 0.257 e. The summed E-state index contributed by atoms with van der Waals surface area (Å²) in [4.78, 5) is 27.6. The Kier molecular flexibility index (Phi) is 6.38. The first-order chi connectivity index (χ1) is 14.7. The molecule has 1 saturated carbocycles. The van der Waals surface area contributed by atoms with Gasteiger partial charge in [-0.1, -0.05) is 19.3 Å². The molecule has 0 unspecified atom stereocenters. The van der Waals surface area contributed by atoms with Crippen molar-refractivity contribution in [3.05, 3.63) is 35.9 Å². The number of nitrogens with one attached hydrogen (secondary N) is 2. The quantitative estimate of drug-likeness (QED) is 0.754. The third-order valence-corrected chi connectivity index (χ3v) is 5.86. The molecule has 2 aromatic heterocycles. The Hall–Kier alpha value is -3.21. The van der Waals surface area contributed by atoms with E-state index < -0.39 is 0 Å². The topological polar surface area (TPSA) is 107 Å². The third kappa shape index (κ3) is 4.85. The van der Waals surface area contributed by atoms with Crippen LogP contribution in [0.25, 0.3) is 0 Å². The first kappa shape index (κ1) is 20.1. The molecule has 2 N–H and O–H groups in total. The van der Waals surface area contributed by atoms with Crippen molar-refractivity contribution in [2.24, 2.45) is 5.92 Å². The predicted octanol–water partition coefficient (Wildman–Crippen LogP) is 3.72. The van der Waals surface area contributed by atoms with Crippen molar-refractivity contribution in [3.8, 4) is 6.07 Å². The lowest BCUT2D eigenvalue weighted by Gasteiger charge is -2.24. The molecular formula is C22H27N7O. The molecule has 0 radical (unpaired) electrons. The number of anilines is 3. The zero-order valence-electron chi connectivity index (χ0n) is 17.1. The minimum Gasteiger partial charge on any atom is -0.384 e. The minimum absolute atomic E-state index is 0.0378. The second-order valence-corrected chi connectivity index (χ2v) is 8.02. The number of likely N-dealkylation sites (tertiary alicyclic amines) is 1. The van der Waals surface area contributed by atoms with E-state index in [4.69, 9.17) is 5.26 Å². The molecule has 0 bridgehead atoms. The molecule has 2 aliphatic rings. The summed E-state index contributed by atoms with van der Waals surface area (Å²) < 4.78 is 0. The molecule has 2 fully saturated rings. The normalized spacial score (nSPS) is 16.8. The number of amides is 1. The Balaban J connectivity index is 1.53. The molecule has 2 aromatic rings. The van der Waals surface area contributed by atoms with Crippen LogP contribution in [0.5, 0.6) is 0 Å². The molecule has 0 atom stereocenters. The van der Waals surface area contributed by atoms with Gasteiger partial charge in [-0.05, 0) is 31.6 Å². The Morgan fingerprint density at radius 2 is 1.80 bits per heavy atom. The van der Waals surface area contributed by atoms with Crippen LogP contribution in [-0.4, -0.2) is 45.4 Å². The largest absolute Gasteiger partial charge is 0.384 e. The van der Waals surface area contributed by atoms with Gasteiger partial charge in [0.1, 0.15) is 17.7 Å². The van der Waals surface area contributed by atoms with Gasteiger partial charge in [0.25, 0.3) is 5.91 Å². The Labute approximate surface area is 176 Å². The summed E-state index contributed by atoms with van der Waals surface area (Å²) in [5.41, 5.74) is 1.68. The van der Waals surface area contributed by atoms with Crippen LogP contribution in [0.4, 0.5) is 17.3 Å². The third-order valence-electron chi connectivity index (χ3n) is 5.86. The van der Waals surface area contributed by atoms with Crippen LogP contribution in [-0.2, 0) is 0 Å². The van der Waals surface area contributed by atoms with Crippen molar-refractivity contribution in [1.82, 2.24) is 19.9 Å². The highest BCUT2D eigenvalue weighted by Crippen LogP contribution is 2.27. The van der Waals surface area contributed by atoms with Gasteiger partial charge in [0.05, 0.1) is 23.6 Å². The van der Waals surface area contributed by atoms with E-state index in [2.05, 4.69) is 25.6 Å². The van der Waals surface area contributed by atoms with Crippen molar-refractivity contribution in [3.63, 3.8) is 0 Å². The Morgan fingerprint density at radius 3 is 2.50 bits per heavy atom. The Morgan fingerprint density at radius 1 is 1.03 bits per heavy atom. The number of aromatic nitrogens is 3. The van der Waals surface area contributed by atoms with Crippen LogP contribution in [0.1, 0.15) is 61.0 Å². The highest BCUT2D eigenvalue weighted by Gasteiger charge is 2.23. The van der Waals surface area contributed by atoms with Gasteiger partial charge in [-0.25, -0.2) is 15.0 Å². The number of hydrogen-bond donors (Lipinski definition) is 2. The number of carbonyl (C=O) groups excluding carboxylic acids is 1. The average molecular weight is 406 g/mol. The van der Waals surface area contributed by atoms with Crippen molar-refractivity contribution in [2.75, 3.05) is 30.3 Å². The van der Waals surface area contributed by atoms with E-state index in [0.29, 0.717) is 23.1 Å². The molecule has 8 nitrogen and oxygen atoms in total. The van der Waals surface area contributed by atoms with Crippen LogP contribution in [0.15, 0.2) is 24.7 Å². The average Bonchev–Trinajstić information content (AvgIpc) is 3.34. The van der Waals surface area contributed by atoms with Crippen molar-refractivity contribution in [2.45, 2.75) is 44.9 Å². The highest BCUT2D eigenvalue weighted by molar-refractivity contribution is 6.00. The summed E-state index contributed by atoms with van der Waals surface area (Å²) in [5.74, 6) is 1.76. The molecule has 0 aromatic carbocycles. The summed E-state index contributed by atoms with van der Waals surface area (Å²) >= 11 is 0. The zero-order chi connectivity index (χ0) is 20.8. The van der Waals surface area contributed by atoms with Crippen LogP contribution in [0.2, 0.25) is 0 Å². The summed E-state index contributed by atoms with van der Waals surface area (Å²) in [6.45, 7) is 2.48. The lowest BCUT2D eigenvalue weighted by atomic mass is 9.89. The molecule has 1 aliphatic heterocycles. The van der Waals surface area contributed by atoms with Gasteiger partial charge in [0, 0.05) is 31.9 Å². The predicted molar refractivity (Wildman–Crippen MR) is 114 cm³/mol. The lowest BCUT2D eigenvalue weighted by Crippen LogP contribution is -2.29. The van der Waals surface area contributed by atoms with Gasteiger partial charge in [-0.2, -0.15) is 5.26 Å². The molecule has 0 spiro atoms. The van der Waals surface area contributed by atoms with Crippen molar-refractivity contribution >= 4 is 23.2 Å². The van der Waals surface area contributed by atoms with Gasteiger partial charge in [-0.15, -0.1) is 0 Å². The molecule has 8 heteroatoms. The maximum absolute atomic E-state index is 13.0. The second-order valence-electron chi connectivity index (χ2n) is 8.02. The van der Waals surface area contributed by atoms with E-state index in [-0.39, 0.29) is 11.6 Å². The summed E-state index contributed by atoms with van der Waals surface area (Å²) in [5, 5.41) is 15.5. The molecule has 30 heavy (non-hydrogen) atoms. The minimum atomic E-state index is 0.0378. The van der Waals surface area contributed by atoms with Crippen molar-refractivity contribution in [1.29, 1.82) is 5.26 Å². The van der Waals surface area contributed by atoms with Crippen LogP contribution >= 0.6 is 0 Å². The van der Waals surface area contributed by atoms with Gasteiger partial charge in [0.15, 0.2) is 5.69 Å². The molecule has 156 valence electrons. The standard InChI is InChI=1S/C22H27N7O/c23-11-17-13-26-21(15-24-17)28-20-10-19(25-12-16-6-2-1-3-7-16)18(14-27-20)22(30)29-8-4-5-9-29/h10,13-16H,1-9,12H2,(H2,25,26,27,28). The first-order valence-corrected chi connectivity index (χ1v) is 10.8. The molecule has 4 rings (SSSR count). The maximum atomic E-state index is 13.0.